The molecule has 1 N–H and O–H groups in total. The van der Waals surface area contributed by atoms with Crippen LogP contribution in [0.3, 0.4) is 0 Å². The van der Waals surface area contributed by atoms with E-state index in [1.165, 1.54) is 6.33 Å². The number of carbonyl (C=O) groups is 1. The number of aromatic nitrogens is 4. The highest BCUT2D eigenvalue weighted by Gasteiger charge is 2.31. The van der Waals surface area contributed by atoms with E-state index in [-0.39, 0.29) is 11.9 Å². The Hall–Kier alpha value is -2.28. The number of aryl methyl sites for hydroxylation is 1. The number of amides is 1. The lowest BCUT2D eigenvalue weighted by Gasteiger charge is -2.35. The first kappa shape index (κ1) is 12.7. The molecule has 104 valence electrons. The van der Waals surface area contributed by atoms with Crippen molar-refractivity contribution in [2.75, 3.05) is 19.8 Å². The summed E-state index contributed by atoms with van der Waals surface area (Å²) in [6.07, 6.45) is 4.69. The van der Waals surface area contributed by atoms with Crippen LogP contribution in [0.15, 0.2) is 24.8 Å². The second kappa shape index (κ2) is 5.38. The zero-order chi connectivity index (χ0) is 13.9. The molecule has 20 heavy (non-hydrogen) atoms. The summed E-state index contributed by atoms with van der Waals surface area (Å²) in [5, 5.41) is 6.97. The lowest BCUT2D eigenvalue weighted by Crippen LogP contribution is -2.44. The minimum Gasteiger partial charge on any atom is -0.377 e. The Labute approximate surface area is 116 Å². The van der Waals surface area contributed by atoms with Crippen molar-refractivity contribution in [3.05, 3.63) is 41.7 Å². The second-order valence-corrected chi connectivity index (χ2v) is 4.65. The number of nitrogens with one attached hydrogen (secondary N) is 1. The Kier molecular flexibility index (Phi) is 3.42. The van der Waals surface area contributed by atoms with Crippen molar-refractivity contribution in [2.24, 2.45) is 0 Å². The summed E-state index contributed by atoms with van der Waals surface area (Å²) in [7, 11) is 0. The molecule has 7 heteroatoms. The van der Waals surface area contributed by atoms with Crippen LogP contribution in [0, 0.1) is 6.92 Å². The number of rotatable bonds is 2. The summed E-state index contributed by atoms with van der Waals surface area (Å²) in [5.74, 6) is -0.116. The number of hydrogen-bond acceptors (Lipinski definition) is 5. The molecule has 2 aromatic heterocycles. The molecule has 3 heterocycles. The monoisotopic (exact) mass is 273 g/mol. The summed E-state index contributed by atoms with van der Waals surface area (Å²) in [4.78, 5) is 22.2. The van der Waals surface area contributed by atoms with Gasteiger partial charge in [-0.15, -0.1) is 0 Å². The van der Waals surface area contributed by atoms with Gasteiger partial charge < -0.3 is 9.64 Å². The maximum Gasteiger partial charge on any atom is 0.273 e. The van der Waals surface area contributed by atoms with Crippen LogP contribution in [0.5, 0.6) is 0 Å². The molecule has 0 unspecified atom stereocenters. The topological polar surface area (TPSA) is 84.0 Å². The quantitative estimate of drug-likeness (QED) is 0.871. The van der Waals surface area contributed by atoms with Crippen LogP contribution in [0.25, 0.3) is 0 Å². The molecule has 0 saturated carbocycles. The van der Waals surface area contributed by atoms with E-state index in [2.05, 4.69) is 20.2 Å². The van der Waals surface area contributed by atoms with Gasteiger partial charge in [-0.3, -0.25) is 9.89 Å². The molecule has 3 rings (SSSR count). The Morgan fingerprint density at radius 2 is 2.45 bits per heavy atom. The van der Waals surface area contributed by atoms with Gasteiger partial charge in [-0.05, 0) is 18.6 Å². The molecule has 0 aromatic carbocycles. The molecule has 2 aromatic rings. The normalized spacial score (nSPS) is 19.1. The molecule has 0 spiro atoms. The average Bonchev–Trinajstić information content (AvgIpc) is 2.93. The van der Waals surface area contributed by atoms with Crippen LogP contribution in [-0.4, -0.2) is 50.7 Å². The van der Waals surface area contributed by atoms with Crippen molar-refractivity contribution in [1.82, 2.24) is 25.1 Å². The maximum absolute atomic E-state index is 12.6. The van der Waals surface area contributed by atoms with Crippen molar-refractivity contribution in [2.45, 2.75) is 13.0 Å². The summed E-state index contributed by atoms with van der Waals surface area (Å²) in [5.41, 5.74) is 2.32. The SMILES string of the molecule is Cc1cn[nH]c1[C@@H]1COCCN1C(=O)c1ccncn1. The Balaban J connectivity index is 1.90. The molecule has 0 bridgehead atoms. The standard InChI is InChI=1S/C13H15N5O2/c1-9-6-16-17-12(9)11-7-20-5-4-18(11)13(19)10-2-3-14-8-15-10/h2-3,6,8,11H,4-5,7H2,1H3,(H,16,17)/t11-/m0/s1. The van der Waals surface area contributed by atoms with Crippen molar-refractivity contribution >= 4 is 5.91 Å². The van der Waals surface area contributed by atoms with Gasteiger partial charge in [0.05, 0.1) is 31.1 Å². The zero-order valence-electron chi connectivity index (χ0n) is 11.1. The van der Waals surface area contributed by atoms with Crippen LogP contribution in [0.2, 0.25) is 0 Å². The van der Waals surface area contributed by atoms with Crippen LogP contribution >= 0.6 is 0 Å². The lowest BCUT2D eigenvalue weighted by molar-refractivity contribution is -0.00439. The number of aromatic amines is 1. The van der Waals surface area contributed by atoms with E-state index in [0.29, 0.717) is 25.5 Å². The van der Waals surface area contributed by atoms with Gasteiger partial charge in [0.1, 0.15) is 12.0 Å². The van der Waals surface area contributed by atoms with Crippen LogP contribution in [0.4, 0.5) is 0 Å². The number of carbonyl (C=O) groups excluding carboxylic acids is 1. The third-order valence-electron chi connectivity index (χ3n) is 3.39. The Bertz CT molecular complexity index is 598. The molecule has 0 aliphatic carbocycles. The number of nitrogens with zero attached hydrogens (tertiary/aromatic N) is 4. The highest BCUT2D eigenvalue weighted by atomic mass is 16.5. The fourth-order valence-corrected chi connectivity index (χ4v) is 2.34. The first-order chi connectivity index (χ1) is 9.77. The second-order valence-electron chi connectivity index (χ2n) is 4.65. The van der Waals surface area contributed by atoms with Crippen LogP contribution in [-0.2, 0) is 4.74 Å². The highest BCUT2D eigenvalue weighted by Crippen LogP contribution is 2.26. The van der Waals surface area contributed by atoms with Gasteiger partial charge in [0.25, 0.3) is 5.91 Å². The molecule has 7 nitrogen and oxygen atoms in total. The van der Waals surface area contributed by atoms with Crippen molar-refractivity contribution in [3.63, 3.8) is 0 Å². The van der Waals surface area contributed by atoms with E-state index in [0.717, 1.165) is 11.3 Å². The Morgan fingerprint density at radius 3 is 3.15 bits per heavy atom. The minimum absolute atomic E-state index is 0.116. The van der Waals surface area contributed by atoms with Crippen LogP contribution < -0.4 is 0 Å². The van der Waals surface area contributed by atoms with Gasteiger partial charge in [-0.2, -0.15) is 5.10 Å². The van der Waals surface area contributed by atoms with Gasteiger partial charge in [0.15, 0.2) is 0 Å². The van der Waals surface area contributed by atoms with Crippen LogP contribution in [0.1, 0.15) is 27.8 Å². The summed E-state index contributed by atoms with van der Waals surface area (Å²) >= 11 is 0. The van der Waals surface area contributed by atoms with E-state index in [4.69, 9.17) is 4.74 Å². The number of H-pyrrole nitrogens is 1. The molecule has 1 amide bonds. The fourth-order valence-electron chi connectivity index (χ4n) is 2.34. The first-order valence-electron chi connectivity index (χ1n) is 6.42. The zero-order valence-corrected chi connectivity index (χ0v) is 11.1. The number of ether oxygens (including phenoxy) is 1. The maximum atomic E-state index is 12.6. The fraction of sp³-hybridized carbons (Fsp3) is 0.385. The smallest absolute Gasteiger partial charge is 0.273 e. The molecule has 1 aliphatic rings. The predicted octanol–water partition coefficient (Wildman–Crippen LogP) is 0.722. The van der Waals surface area contributed by atoms with E-state index >= 15 is 0 Å². The van der Waals surface area contributed by atoms with E-state index in [1.807, 2.05) is 6.92 Å². The lowest BCUT2D eigenvalue weighted by atomic mass is 10.1. The van der Waals surface area contributed by atoms with Crippen molar-refractivity contribution < 1.29 is 9.53 Å². The third kappa shape index (κ3) is 2.27. The summed E-state index contributed by atoms with van der Waals surface area (Å²) < 4.78 is 5.50. The average molecular weight is 273 g/mol. The highest BCUT2D eigenvalue weighted by molar-refractivity contribution is 5.92. The van der Waals surface area contributed by atoms with E-state index in [9.17, 15) is 4.79 Å². The van der Waals surface area contributed by atoms with Gasteiger partial charge >= 0.3 is 0 Å². The van der Waals surface area contributed by atoms with Gasteiger partial charge in [-0.25, -0.2) is 9.97 Å². The number of hydrogen-bond donors (Lipinski definition) is 1. The molecule has 0 radical (unpaired) electrons. The molecular formula is C13H15N5O2. The number of morpholine rings is 1. The van der Waals surface area contributed by atoms with Crippen molar-refractivity contribution in [1.29, 1.82) is 0 Å². The molecule has 1 atom stereocenters. The molecule has 1 fully saturated rings. The Morgan fingerprint density at radius 1 is 1.55 bits per heavy atom. The molecule has 1 saturated heterocycles. The van der Waals surface area contributed by atoms with Gasteiger partial charge in [0.2, 0.25) is 0 Å². The van der Waals surface area contributed by atoms with E-state index < -0.39 is 0 Å². The largest absolute Gasteiger partial charge is 0.377 e. The summed E-state index contributed by atoms with van der Waals surface area (Å²) in [6, 6.07) is 1.46. The van der Waals surface area contributed by atoms with Crippen molar-refractivity contribution in [3.8, 4) is 0 Å². The third-order valence-corrected chi connectivity index (χ3v) is 3.39. The minimum atomic E-state index is -0.159. The first-order valence-corrected chi connectivity index (χ1v) is 6.42. The molecule has 1 aliphatic heterocycles. The summed E-state index contributed by atoms with van der Waals surface area (Å²) in [6.45, 7) is 3.48. The van der Waals surface area contributed by atoms with E-state index in [1.54, 1.807) is 23.4 Å². The van der Waals surface area contributed by atoms with Gasteiger partial charge in [-0.1, -0.05) is 0 Å². The van der Waals surface area contributed by atoms with Gasteiger partial charge in [0, 0.05) is 12.7 Å². The predicted molar refractivity (Wildman–Crippen MR) is 70.0 cm³/mol. The molecular weight excluding hydrogens is 258 g/mol.